The summed E-state index contributed by atoms with van der Waals surface area (Å²) in [5, 5.41) is 5.98. The number of benzene rings is 2. The molecule has 0 radical (unpaired) electrons. The minimum atomic E-state index is -0.423. The maximum atomic E-state index is 12.3. The van der Waals surface area contributed by atoms with Crippen molar-refractivity contribution < 1.29 is 9.59 Å². The molecule has 140 valence electrons. The Balaban J connectivity index is 0.00000338. The predicted octanol–water partition coefficient (Wildman–Crippen LogP) is 3.93. The van der Waals surface area contributed by atoms with Crippen LogP contribution in [0.3, 0.4) is 0 Å². The third-order valence-electron chi connectivity index (χ3n) is 3.55. The van der Waals surface area contributed by atoms with Crippen molar-refractivity contribution in [3.63, 3.8) is 0 Å². The summed E-state index contributed by atoms with van der Waals surface area (Å²) in [6.45, 7) is 3.73. The zero-order valence-corrected chi connectivity index (χ0v) is 16.2. The Bertz CT molecular complexity index is 752. The van der Waals surface area contributed by atoms with Crippen LogP contribution in [0.4, 0.5) is 5.69 Å². The molecule has 2 aromatic rings. The molecular weight excluding hydrogens is 373 g/mol. The van der Waals surface area contributed by atoms with E-state index in [1.165, 1.54) is 0 Å². The number of rotatable bonds is 6. The first-order chi connectivity index (χ1) is 11.9. The van der Waals surface area contributed by atoms with Gasteiger partial charge in [0.1, 0.15) is 0 Å². The first-order valence-electron chi connectivity index (χ1n) is 8.07. The molecule has 0 heterocycles. The fraction of sp³-hybridized carbons (Fsp3) is 0.263. The third-order valence-corrected chi connectivity index (χ3v) is 3.79. The van der Waals surface area contributed by atoms with Crippen molar-refractivity contribution in [1.29, 1.82) is 0 Å². The van der Waals surface area contributed by atoms with Crippen LogP contribution in [0.1, 0.15) is 42.2 Å². The van der Waals surface area contributed by atoms with Gasteiger partial charge in [0.25, 0.3) is 5.91 Å². The summed E-state index contributed by atoms with van der Waals surface area (Å²) in [4.78, 5) is 24.6. The maximum absolute atomic E-state index is 12.3. The molecule has 1 unspecified atom stereocenters. The standard InChI is InChI=1S/C19H22ClN3O2.ClH/c1-12(2)22-19(25)15-9-8-14(20)10-17(15)23-18(24)11-16(21)13-6-4-3-5-7-13;/h3-10,12,16H,11,21H2,1-2H3,(H,22,25)(H,23,24);1H. The zero-order chi connectivity index (χ0) is 18.4. The maximum Gasteiger partial charge on any atom is 0.253 e. The highest BCUT2D eigenvalue weighted by Crippen LogP contribution is 2.22. The highest BCUT2D eigenvalue weighted by molar-refractivity contribution is 6.31. The van der Waals surface area contributed by atoms with E-state index in [0.717, 1.165) is 5.56 Å². The summed E-state index contributed by atoms with van der Waals surface area (Å²) in [6.07, 6.45) is 0.0990. The summed E-state index contributed by atoms with van der Waals surface area (Å²) in [5.74, 6) is -0.549. The highest BCUT2D eigenvalue weighted by Gasteiger charge is 2.17. The lowest BCUT2D eigenvalue weighted by Gasteiger charge is -2.15. The van der Waals surface area contributed by atoms with Crippen LogP contribution in [-0.4, -0.2) is 17.9 Å². The van der Waals surface area contributed by atoms with Gasteiger partial charge >= 0.3 is 0 Å². The van der Waals surface area contributed by atoms with Crippen LogP contribution >= 0.6 is 24.0 Å². The number of amides is 2. The van der Waals surface area contributed by atoms with Crippen LogP contribution in [0.5, 0.6) is 0 Å². The van der Waals surface area contributed by atoms with Crippen molar-refractivity contribution in [3.05, 3.63) is 64.7 Å². The second-order valence-electron chi connectivity index (χ2n) is 6.09. The lowest BCUT2D eigenvalue weighted by Crippen LogP contribution is -2.31. The van der Waals surface area contributed by atoms with Crippen molar-refractivity contribution in [3.8, 4) is 0 Å². The quantitative estimate of drug-likeness (QED) is 0.692. The van der Waals surface area contributed by atoms with Gasteiger partial charge in [-0.1, -0.05) is 41.9 Å². The minimum Gasteiger partial charge on any atom is -0.350 e. The Labute approximate surface area is 164 Å². The van der Waals surface area contributed by atoms with Gasteiger partial charge in [0.15, 0.2) is 0 Å². The lowest BCUT2D eigenvalue weighted by molar-refractivity contribution is -0.116. The topological polar surface area (TPSA) is 84.2 Å². The van der Waals surface area contributed by atoms with Gasteiger partial charge in [-0.3, -0.25) is 9.59 Å². The molecule has 26 heavy (non-hydrogen) atoms. The van der Waals surface area contributed by atoms with E-state index in [1.807, 2.05) is 44.2 Å². The summed E-state index contributed by atoms with van der Waals surface area (Å²) >= 11 is 6.00. The molecule has 2 rings (SSSR count). The van der Waals surface area contributed by atoms with E-state index in [0.29, 0.717) is 16.3 Å². The molecule has 0 aromatic heterocycles. The molecule has 2 amide bonds. The van der Waals surface area contributed by atoms with Gasteiger partial charge in [0, 0.05) is 23.5 Å². The van der Waals surface area contributed by atoms with Gasteiger partial charge in [-0.05, 0) is 37.6 Å². The Morgan fingerprint density at radius 1 is 1.12 bits per heavy atom. The smallest absolute Gasteiger partial charge is 0.253 e. The molecule has 5 nitrogen and oxygen atoms in total. The average Bonchev–Trinajstić information content (AvgIpc) is 2.54. The first kappa shape index (κ1) is 22.0. The van der Waals surface area contributed by atoms with Crippen LogP contribution in [0, 0.1) is 0 Å². The summed E-state index contributed by atoms with van der Waals surface area (Å²) in [6, 6.07) is 13.7. The first-order valence-corrected chi connectivity index (χ1v) is 8.45. The predicted molar refractivity (Wildman–Crippen MR) is 108 cm³/mol. The Morgan fingerprint density at radius 3 is 2.38 bits per heavy atom. The fourth-order valence-electron chi connectivity index (χ4n) is 2.38. The monoisotopic (exact) mass is 395 g/mol. The molecule has 0 fully saturated rings. The minimum absolute atomic E-state index is 0. The number of nitrogens with two attached hydrogens (primary N) is 1. The van der Waals surface area contributed by atoms with Gasteiger partial charge in [-0.25, -0.2) is 0 Å². The third kappa shape index (κ3) is 6.33. The van der Waals surface area contributed by atoms with Crippen molar-refractivity contribution in [1.82, 2.24) is 5.32 Å². The molecule has 7 heteroatoms. The van der Waals surface area contributed by atoms with Crippen molar-refractivity contribution in [2.45, 2.75) is 32.4 Å². The number of hydrogen-bond donors (Lipinski definition) is 3. The largest absolute Gasteiger partial charge is 0.350 e. The summed E-state index contributed by atoms with van der Waals surface area (Å²) < 4.78 is 0. The molecule has 0 bridgehead atoms. The molecule has 0 aliphatic heterocycles. The van der Waals surface area contributed by atoms with Gasteiger partial charge in [0.05, 0.1) is 11.3 Å². The van der Waals surface area contributed by atoms with Gasteiger partial charge in [-0.15, -0.1) is 12.4 Å². The Kier molecular flexibility index (Phi) is 8.58. The fourth-order valence-corrected chi connectivity index (χ4v) is 2.55. The van der Waals surface area contributed by atoms with Crippen molar-refractivity contribution in [2.75, 3.05) is 5.32 Å². The molecule has 0 saturated carbocycles. The van der Waals surface area contributed by atoms with E-state index < -0.39 is 6.04 Å². The van der Waals surface area contributed by atoms with Crippen molar-refractivity contribution in [2.24, 2.45) is 5.73 Å². The van der Waals surface area contributed by atoms with Crippen LogP contribution in [-0.2, 0) is 4.79 Å². The number of halogens is 2. The van der Waals surface area contributed by atoms with Gasteiger partial charge in [0.2, 0.25) is 5.91 Å². The van der Waals surface area contributed by atoms with Crippen LogP contribution in [0.2, 0.25) is 5.02 Å². The second kappa shape index (κ2) is 10.2. The van der Waals surface area contributed by atoms with Gasteiger partial charge in [-0.2, -0.15) is 0 Å². The highest BCUT2D eigenvalue weighted by atomic mass is 35.5. The van der Waals surface area contributed by atoms with E-state index in [2.05, 4.69) is 10.6 Å². The molecule has 0 spiro atoms. The van der Waals surface area contributed by atoms with E-state index in [-0.39, 0.29) is 36.7 Å². The summed E-state index contributed by atoms with van der Waals surface area (Å²) in [5.41, 5.74) is 7.69. The van der Waals surface area contributed by atoms with Crippen molar-refractivity contribution >= 4 is 41.5 Å². The molecule has 4 N–H and O–H groups in total. The number of nitrogens with one attached hydrogen (secondary N) is 2. The number of hydrogen-bond acceptors (Lipinski definition) is 3. The average molecular weight is 396 g/mol. The number of carbonyl (C=O) groups is 2. The van der Waals surface area contributed by atoms with Crippen LogP contribution in [0.25, 0.3) is 0 Å². The van der Waals surface area contributed by atoms with Crippen LogP contribution in [0.15, 0.2) is 48.5 Å². The molecule has 0 aliphatic carbocycles. The number of anilines is 1. The molecular formula is C19H23Cl2N3O2. The van der Waals surface area contributed by atoms with Gasteiger partial charge < -0.3 is 16.4 Å². The zero-order valence-electron chi connectivity index (χ0n) is 14.7. The Hall–Kier alpha value is -2.08. The molecule has 0 saturated heterocycles. The SMILES string of the molecule is CC(C)NC(=O)c1ccc(Cl)cc1NC(=O)CC(N)c1ccccc1.Cl. The number of carbonyl (C=O) groups excluding carboxylic acids is 2. The molecule has 2 aromatic carbocycles. The molecule has 1 atom stereocenters. The second-order valence-corrected chi connectivity index (χ2v) is 6.52. The Morgan fingerprint density at radius 2 is 1.77 bits per heavy atom. The summed E-state index contributed by atoms with van der Waals surface area (Å²) in [7, 11) is 0. The van der Waals surface area contributed by atoms with E-state index in [1.54, 1.807) is 18.2 Å². The van der Waals surface area contributed by atoms with E-state index in [9.17, 15) is 9.59 Å². The molecule has 0 aliphatic rings. The lowest BCUT2D eigenvalue weighted by atomic mass is 10.0. The van der Waals surface area contributed by atoms with Crippen LogP contribution < -0.4 is 16.4 Å². The normalized spacial score (nSPS) is 11.4. The van der Waals surface area contributed by atoms with E-state index >= 15 is 0 Å². The van der Waals surface area contributed by atoms with E-state index in [4.69, 9.17) is 17.3 Å².